The largest absolute Gasteiger partial charge is 0.324 e. The summed E-state index contributed by atoms with van der Waals surface area (Å²) in [5.74, 6) is 0.539. The van der Waals surface area contributed by atoms with Gasteiger partial charge in [0.1, 0.15) is 5.84 Å². The molecule has 0 radical (unpaired) electrons. The van der Waals surface area contributed by atoms with Crippen molar-refractivity contribution in [3.05, 3.63) is 66.2 Å². The zero-order valence-electron chi connectivity index (χ0n) is 10.8. The average molecular weight is 238 g/mol. The summed E-state index contributed by atoms with van der Waals surface area (Å²) in [4.78, 5) is 2.04. The van der Waals surface area contributed by atoms with Gasteiger partial charge in [-0.1, -0.05) is 48.5 Å². The predicted molar refractivity (Wildman–Crippen MR) is 77.3 cm³/mol. The molecule has 0 amide bonds. The van der Waals surface area contributed by atoms with Gasteiger partial charge in [-0.15, -0.1) is 0 Å². The second-order valence-electron chi connectivity index (χ2n) is 4.51. The molecule has 2 aromatic carbocycles. The molecule has 92 valence electrons. The Morgan fingerprint density at radius 2 is 1.39 bits per heavy atom. The van der Waals surface area contributed by atoms with Crippen molar-refractivity contribution in [2.45, 2.75) is 19.9 Å². The average Bonchev–Trinajstić information content (AvgIpc) is 2.40. The molecule has 2 aromatic rings. The Morgan fingerprint density at radius 3 is 1.89 bits per heavy atom. The van der Waals surface area contributed by atoms with E-state index in [2.05, 4.69) is 13.8 Å². The van der Waals surface area contributed by atoms with E-state index in [0.717, 1.165) is 11.3 Å². The molecule has 0 atom stereocenters. The van der Waals surface area contributed by atoms with Crippen molar-refractivity contribution >= 4 is 11.5 Å². The second kappa shape index (κ2) is 5.50. The maximum atomic E-state index is 8.38. The fourth-order valence-corrected chi connectivity index (χ4v) is 2.01. The number of benzene rings is 2. The Bertz CT molecular complexity index is 503. The molecule has 0 unspecified atom stereocenters. The van der Waals surface area contributed by atoms with E-state index < -0.39 is 0 Å². The van der Waals surface area contributed by atoms with E-state index in [4.69, 9.17) is 5.41 Å². The lowest BCUT2D eigenvalue weighted by Crippen LogP contribution is -2.37. The van der Waals surface area contributed by atoms with Crippen molar-refractivity contribution in [2.75, 3.05) is 4.90 Å². The van der Waals surface area contributed by atoms with E-state index in [1.165, 1.54) is 0 Å². The minimum Gasteiger partial charge on any atom is -0.324 e. The van der Waals surface area contributed by atoms with Crippen molar-refractivity contribution in [2.24, 2.45) is 0 Å². The zero-order valence-corrected chi connectivity index (χ0v) is 10.8. The third kappa shape index (κ3) is 2.59. The van der Waals surface area contributed by atoms with Crippen LogP contribution in [-0.2, 0) is 0 Å². The van der Waals surface area contributed by atoms with Gasteiger partial charge >= 0.3 is 0 Å². The molecule has 2 rings (SSSR count). The van der Waals surface area contributed by atoms with E-state index in [9.17, 15) is 0 Å². The van der Waals surface area contributed by atoms with Gasteiger partial charge in [0.25, 0.3) is 0 Å². The van der Waals surface area contributed by atoms with Crippen molar-refractivity contribution < 1.29 is 0 Å². The number of nitrogens with one attached hydrogen (secondary N) is 1. The predicted octanol–water partition coefficient (Wildman–Crippen LogP) is 3.93. The van der Waals surface area contributed by atoms with Crippen LogP contribution in [0.15, 0.2) is 60.7 Å². The first-order chi connectivity index (χ1) is 8.70. The first kappa shape index (κ1) is 12.4. The standard InChI is InChI=1S/C16H18N2/c1-13(2)18(15-11-7-4-8-12-15)16(17)14-9-5-3-6-10-14/h3-13,17H,1-2H3. The Labute approximate surface area is 108 Å². The normalized spacial score (nSPS) is 10.4. The molecule has 0 aromatic heterocycles. The van der Waals surface area contributed by atoms with Crippen molar-refractivity contribution in [1.29, 1.82) is 5.41 Å². The smallest absolute Gasteiger partial charge is 0.132 e. The molecular weight excluding hydrogens is 220 g/mol. The van der Waals surface area contributed by atoms with Crippen molar-refractivity contribution in [1.82, 2.24) is 0 Å². The van der Waals surface area contributed by atoms with Crippen LogP contribution in [0.3, 0.4) is 0 Å². The molecular formula is C16H18N2. The first-order valence-corrected chi connectivity index (χ1v) is 6.18. The summed E-state index contributed by atoms with van der Waals surface area (Å²) in [7, 11) is 0. The highest BCUT2D eigenvalue weighted by molar-refractivity contribution is 6.08. The summed E-state index contributed by atoms with van der Waals surface area (Å²) in [5, 5.41) is 8.38. The summed E-state index contributed by atoms with van der Waals surface area (Å²) in [6, 6.07) is 20.2. The molecule has 0 heterocycles. The van der Waals surface area contributed by atoms with Gasteiger partial charge in [0.2, 0.25) is 0 Å². The van der Waals surface area contributed by atoms with Crippen LogP contribution in [0.1, 0.15) is 19.4 Å². The Hall–Kier alpha value is -2.09. The van der Waals surface area contributed by atoms with Crippen LogP contribution in [0.5, 0.6) is 0 Å². The molecule has 0 aliphatic heterocycles. The molecule has 2 nitrogen and oxygen atoms in total. The number of hydrogen-bond acceptors (Lipinski definition) is 1. The second-order valence-corrected chi connectivity index (χ2v) is 4.51. The molecule has 0 aliphatic rings. The van der Waals surface area contributed by atoms with Crippen LogP contribution in [0.2, 0.25) is 0 Å². The van der Waals surface area contributed by atoms with Gasteiger partial charge < -0.3 is 4.90 Å². The van der Waals surface area contributed by atoms with Crippen LogP contribution in [0.4, 0.5) is 5.69 Å². The van der Waals surface area contributed by atoms with Gasteiger partial charge in [0.05, 0.1) is 0 Å². The van der Waals surface area contributed by atoms with Gasteiger partial charge in [-0.3, -0.25) is 5.41 Å². The van der Waals surface area contributed by atoms with E-state index in [0.29, 0.717) is 5.84 Å². The maximum Gasteiger partial charge on any atom is 0.132 e. The lowest BCUT2D eigenvalue weighted by atomic mass is 10.1. The summed E-state index contributed by atoms with van der Waals surface area (Å²) >= 11 is 0. The summed E-state index contributed by atoms with van der Waals surface area (Å²) in [6.07, 6.45) is 0. The highest BCUT2D eigenvalue weighted by atomic mass is 15.2. The highest BCUT2D eigenvalue weighted by Gasteiger charge is 2.16. The molecule has 1 N–H and O–H groups in total. The molecule has 2 heteroatoms. The summed E-state index contributed by atoms with van der Waals surface area (Å²) < 4.78 is 0. The van der Waals surface area contributed by atoms with Gasteiger partial charge in [0, 0.05) is 17.3 Å². The number of rotatable bonds is 3. The van der Waals surface area contributed by atoms with E-state index >= 15 is 0 Å². The van der Waals surface area contributed by atoms with Crippen LogP contribution in [-0.4, -0.2) is 11.9 Å². The number of amidine groups is 1. The fraction of sp³-hybridized carbons (Fsp3) is 0.188. The number of anilines is 1. The Balaban J connectivity index is 2.35. The summed E-state index contributed by atoms with van der Waals surface area (Å²) in [5.41, 5.74) is 2.00. The van der Waals surface area contributed by atoms with E-state index in [1.54, 1.807) is 0 Å². The Morgan fingerprint density at radius 1 is 0.889 bits per heavy atom. The van der Waals surface area contributed by atoms with Crippen molar-refractivity contribution in [3.63, 3.8) is 0 Å². The van der Waals surface area contributed by atoms with Crippen LogP contribution >= 0.6 is 0 Å². The monoisotopic (exact) mass is 238 g/mol. The van der Waals surface area contributed by atoms with Gasteiger partial charge in [-0.2, -0.15) is 0 Å². The Kier molecular flexibility index (Phi) is 3.78. The van der Waals surface area contributed by atoms with Gasteiger partial charge in [-0.05, 0) is 26.0 Å². The molecule has 0 saturated carbocycles. The highest BCUT2D eigenvalue weighted by Crippen LogP contribution is 2.19. The number of nitrogens with zero attached hydrogens (tertiary/aromatic N) is 1. The van der Waals surface area contributed by atoms with Gasteiger partial charge in [0.15, 0.2) is 0 Å². The topological polar surface area (TPSA) is 27.1 Å². The third-order valence-electron chi connectivity index (χ3n) is 2.84. The molecule has 18 heavy (non-hydrogen) atoms. The summed E-state index contributed by atoms with van der Waals surface area (Å²) in [6.45, 7) is 4.20. The van der Waals surface area contributed by atoms with Crippen molar-refractivity contribution in [3.8, 4) is 0 Å². The first-order valence-electron chi connectivity index (χ1n) is 6.18. The minimum absolute atomic E-state index is 0.250. The van der Waals surface area contributed by atoms with Gasteiger partial charge in [-0.25, -0.2) is 0 Å². The fourth-order valence-electron chi connectivity index (χ4n) is 2.01. The van der Waals surface area contributed by atoms with Crippen LogP contribution in [0, 0.1) is 5.41 Å². The zero-order chi connectivity index (χ0) is 13.0. The van der Waals surface area contributed by atoms with E-state index in [-0.39, 0.29) is 6.04 Å². The molecule has 0 spiro atoms. The molecule has 0 bridgehead atoms. The molecule has 0 fully saturated rings. The third-order valence-corrected chi connectivity index (χ3v) is 2.84. The number of hydrogen-bond donors (Lipinski definition) is 1. The number of para-hydroxylation sites is 1. The molecule has 0 saturated heterocycles. The maximum absolute atomic E-state index is 8.38. The molecule has 0 aliphatic carbocycles. The lowest BCUT2D eigenvalue weighted by Gasteiger charge is -2.29. The minimum atomic E-state index is 0.250. The lowest BCUT2D eigenvalue weighted by molar-refractivity contribution is 0.804. The quantitative estimate of drug-likeness (QED) is 0.636. The SMILES string of the molecule is CC(C)N(C(=N)c1ccccc1)c1ccccc1. The van der Waals surface area contributed by atoms with Crippen LogP contribution in [0.25, 0.3) is 0 Å². The van der Waals surface area contributed by atoms with Crippen LogP contribution < -0.4 is 4.90 Å². The van der Waals surface area contributed by atoms with E-state index in [1.807, 2.05) is 65.6 Å².